The third-order valence-corrected chi connectivity index (χ3v) is 3.53. The first-order valence-corrected chi connectivity index (χ1v) is 7.65. The summed E-state index contributed by atoms with van der Waals surface area (Å²) in [6.07, 6.45) is 0.612. The van der Waals surface area contributed by atoms with E-state index in [1.54, 1.807) is 30.3 Å². The number of halogens is 1. The number of carbonyl (C=O) groups is 2. The van der Waals surface area contributed by atoms with E-state index in [4.69, 9.17) is 22.0 Å². The van der Waals surface area contributed by atoms with Crippen molar-refractivity contribution in [3.63, 3.8) is 0 Å². The zero-order valence-corrected chi connectivity index (χ0v) is 14.1. The molecule has 0 radical (unpaired) electrons. The van der Waals surface area contributed by atoms with Crippen LogP contribution in [0.15, 0.2) is 35.5 Å². The Bertz CT molecular complexity index is 678. The molecule has 24 heavy (non-hydrogen) atoms. The molecule has 1 aromatic rings. The fourth-order valence-corrected chi connectivity index (χ4v) is 2.02. The lowest BCUT2D eigenvalue weighted by molar-refractivity contribution is -0.116. The van der Waals surface area contributed by atoms with Gasteiger partial charge in [-0.3, -0.25) is 10.1 Å². The molecule has 7 nitrogen and oxygen atoms in total. The van der Waals surface area contributed by atoms with Gasteiger partial charge in [-0.1, -0.05) is 30.7 Å². The number of nitrogens with one attached hydrogen (secondary N) is 3. The normalized spacial score (nSPS) is 12.5. The van der Waals surface area contributed by atoms with E-state index in [9.17, 15) is 9.59 Å². The standard InChI is InChI=1S/C16H19ClN4O3/c1-3-11(9-22)19-10(2)12(8-18)15(23)21-16(24)20-14-7-5-4-6-13(14)17/h4-7,11,19,22H,3,9H2,1-2H3,(H2,20,21,23,24)/b12-10-/t11-/m1/s1. The van der Waals surface area contributed by atoms with E-state index in [1.807, 2.05) is 6.92 Å². The van der Waals surface area contributed by atoms with E-state index in [0.29, 0.717) is 17.1 Å². The molecule has 1 rings (SSSR count). The molecule has 0 aliphatic rings. The lowest BCUT2D eigenvalue weighted by Gasteiger charge is -2.17. The number of hydrogen-bond donors (Lipinski definition) is 4. The van der Waals surface area contributed by atoms with Gasteiger partial charge < -0.3 is 15.7 Å². The largest absolute Gasteiger partial charge is 0.394 e. The molecule has 0 unspecified atom stereocenters. The van der Waals surface area contributed by atoms with E-state index in [2.05, 4.69) is 16.0 Å². The Hall–Kier alpha value is -2.56. The van der Waals surface area contributed by atoms with Gasteiger partial charge in [-0.2, -0.15) is 5.26 Å². The summed E-state index contributed by atoms with van der Waals surface area (Å²) in [5, 5.41) is 26.0. The van der Waals surface area contributed by atoms with Crippen molar-refractivity contribution in [3.05, 3.63) is 40.6 Å². The summed E-state index contributed by atoms with van der Waals surface area (Å²) in [4.78, 5) is 23.9. The van der Waals surface area contributed by atoms with Gasteiger partial charge in [-0.25, -0.2) is 4.79 Å². The zero-order valence-electron chi connectivity index (χ0n) is 13.4. The van der Waals surface area contributed by atoms with Crippen LogP contribution in [-0.4, -0.2) is 29.7 Å². The monoisotopic (exact) mass is 350 g/mol. The number of para-hydroxylation sites is 1. The second kappa shape index (κ2) is 9.55. The number of imide groups is 1. The van der Waals surface area contributed by atoms with Crippen molar-refractivity contribution in [1.29, 1.82) is 5.26 Å². The Kier molecular flexibility index (Phi) is 7.75. The number of aliphatic hydroxyl groups excluding tert-OH is 1. The highest BCUT2D eigenvalue weighted by molar-refractivity contribution is 6.33. The van der Waals surface area contributed by atoms with Crippen LogP contribution < -0.4 is 16.0 Å². The maximum Gasteiger partial charge on any atom is 0.326 e. The molecule has 0 aliphatic carbocycles. The van der Waals surface area contributed by atoms with Gasteiger partial charge >= 0.3 is 6.03 Å². The minimum atomic E-state index is -0.847. The average Bonchev–Trinajstić information content (AvgIpc) is 2.55. The molecule has 8 heteroatoms. The van der Waals surface area contributed by atoms with Crippen LogP contribution in [-0.2, 0) is 4.79 Å². The van der Waals surface area contributed by atoms with Crippen LogP contribution in [0.5, 0.6) is 0 Å². The van der Waals surface area contributed by atoms with Crippen molar-refractivity contribution in [2.75, 3.05) is 11.9 Å². The van der Waals surface area contributed by atoms with Crippen LogP contribution in [0.25, 0.3) is 0 Å². The summed E-state index contributed by atoms with van der Waals surface area (Å²) in [6.45, 7) is 3.24. The number of allylic oxidation sites excluding steroid dienone is 1. The van der Waals surface area contributed by atoms with Gasteiger partial charge in [0.15, 0.2) is 0 Å². The van der Waals surface area contributed by atoms with Crippen molar-refractivity contribution in [2.24, 2.45) is 0 Å². The topological polar surface area (TPSA) is 114 Å². The minimum Gasteiger partial charge on any atom is -0.394 e. The average molecular weight is 351 g/mol. The van der Waals surface area contributed by atoms with Crippen LogP contribution in [0.1, 0.15) is 20.3 Å². The predicted molar refractivity (Wildman–Crippen MR) is 91.2 cm³/mol. The Morgan fingerprint density at radius 3 is 2.58 bits per heavy atom. The second-order valence-corrected chi connectivity index (χ2v) is 5.34. The number of carbonyl (C=O) groups excluding carboxylic acids is 2. The zero-order chi connectivity index (χ0) is 18.1. The van der Waals surface area contributed by atoms with Crippen LogP contribution in [0.4, 0.5) is 10.5 Å². The molecule has 1 atom stereocenters. The van der Waals surface area contributed by atoms with Gasteiger partial charge in [0.25, 0.3) is 5.91 Å². The van der Waals surface area contributed by atoms with Crippen molar-refractivity contribution < 1.29 is 14.7 Å². The molecule has 0 aromatic heterocycles. The first-order valence-electron chi connectivity index (χ1n) is 7.28. The van der Waals surface area contributed by atoms with E-state index >= 15 is 0 Å². The van der Waals surface area contributed by atoms with Crippen LogP contribution in [0, 0.1) is 11.3 Å². The smallest absolute Gasteiger partial charge is 0.326 e. The van der Waals surface area contributed by atoms with E-state index in [-0.39, 0.29) is 23.9 Å². The number of benzene rings is 1. The van der Waals surface area contributed by atoms with E-state index in [0.717, 1.165) is 0 Å². The van der Waals surface area contributed by atoms with Crippen LogP contribution >= 0.6 is 11.6 Å². The Labute approximate surface area is 145 Å². The highest BCUT2D eigenvalue weighted by Crippen LogP contribution is 2.20. The number of nitriles is 1. The molecule has 0 saturated heterocycles. The molecule has 1 aromatic carbocycles. The molecule has 4 N–H and O–H groups in total. The highest BCUT2D eigenvalue weighted by Gasteiger charge is 2.17. The van der Waals surface area contributed by atoms with Gasteiger partial charge in [0.05, 0.1) is 17.3 Å². The second-order valence-electron chi connectivity index (χ2n) is 4.93. The van der Waals surface area contributed by atoms with Gasteiger partial charge in [0.2, 0.25) is 0 Å². The fraction of sp³-hybridized carbons (Fsp3) is 0.312. The Morgan fingerprint density at radius 1 is 1.38 bits per heavy atom. The molecule has 3 amide bonds. The predicted octanol–water partition coefficient (Wildman–Crippen LogP) is 2.15. The first kappa shape index (κ1) is 19.5. The summed E-state index contributed by atoms with van der Waals surface area (Å²) < 4.78 is 0. The Balaban J connectivity index is 2.78. The highest BCUT2D eigenvalue weighted by atomic mass is 35.5. The molecular weight excluding hydrogens is 332 g/mol. The van der Waals surface area contributed by atoms with Crippen molar-refractivity contribution in [1.82, 2.24) is 10.6 Å². The SMILES string of the molecule is CC[C@H](CO)N/C(C)=C(/C#N)C(=O)NC(=O)Nc1ccccc1Cl. The van der Waals surface area contributed by atoms with Gasteiger partial charge in [0, 0.05) is 11.7 Å². The number of amides is 3. The number of rotatable bonds is 6. The summed E-state index contributed by atoms with van der Waals surface area (Å²) in [5.74, 6) is -0.847. The Morgan fingerprint density at radius 2 is 2.04 bits per heavy atom. The van der Waals surface area contributed by atoms with Crippen molar-refractivity contribution >= 4 is 29.2 Å². The number of aliphatic hydroxyl groups is 1. The minimum absolute atomic E-state index is 0.138. The molecular formula is C16H19ClN4O3. The summed E-state index contributed by atoms with van der Waals surface area (Å²) >= 11 is 5.91. The molecule has 128 valence electrons. The summed E-state index contributed by atoms with van der Waals surface area (Å²) in [6, 6.07) is 7.22. The first-order chi connectivity index (χ1) is 11.4. The quantitative estimate of drug-likeness (QED) is 0.463. The van der Waals surface area contributed by atoms with Crippen LogP contribution in [0.2, 0.25) is 5.02 Å². The molecule has 0 bridgehead atoms. The van der Waals surface area contributed by atoms with Gasteiger partial charge in [0.1, 0.15) is 11.6 Å². The third kappa shape index (κ3) is 5.57. The maximum atomic E-state index is 12.1. The molecule has 0 spiro atoms. The number of anilines is 1. The fourth-order valence-electron chi connectivity index (χ4n) is 1.84. The summed E-state index contributed by atoms with van der Waals surface area (Å²) in [7, 11) is 0. The third-order valence-electron chi connectivity index (χ3n) is 3.20. The van der Waals surface area contributed by atoms with Crippen molar-refractivity contribution in [2.45, 2.75) is 26.3 Å². The van der Waals surface area contributed by atoms with Crippen molar-refractivity contribution in [3.8, 4) is 6.07 Å². The lowest BCUT2D eigenvalue weighted by Crippen LogP contribution is -2.37. The number of urea groups is 1. The van der Waals surface area contributed by atoms with Gasteiger partial charge in [-0.05, 0) is 25.5 Å². The maximum absolute atomic E-state index is 12.1. The summed E-state index contributed by atoms with van der Waals surface area (Å²) in [5.41, 5.74) is 0.380. The molecule has 0 fully saturated rings. The molecule has 0 aliphatic heterocycles. The van der Waals surface area contributed by atoms with E-state index in [1.165, 1.54) is 6.92 Å². The van der Waals surface area contributed by atoms with Crippen LogP contribution in [0.3, 0.4) is 0 Å². The number of nitrogens with zero attached hydrogens (tertiary/aromatic N) is 1. The molecule has 0 heterocycles. The molecule has 0 saturated carbocycles. The van der Waals surface area contributed by atoms with E-state index < -0.39 is 11.9 Å². The lowest BCUT2D eigenvalue weighted by atomic mass is 10.1. The van der Waals surface area contributed by atoms with Gasteiger partial charge in [-0.15, -0.1) is 0 Å². The number of hydrogen-bond acceptors (Lipinski definition) is 5.